The van der Waals surface area contributed by atoms with Crippen molar-refractivity contribution in [1.82, 2.24) is 0 Å². The van der Waals surface area contributed by atoms with Crippen molar-refractivity contribution >= 4 is 11.6 Å². The number of carbonyl (C=O) groups excluding carboxylic acids is 2. The molecule has 0 bridgehead atoms. The van der Waals surface area contributed by atoms with E-state index in [1.54, 1.807) is 0 Å². The van der Waals surface area contributed by atoms with E-state index >= 15 is 0 Å². The first-order chi connectivity index (χ1) is 4.70. The van der Waals surface area contributed by atoms with Gasteiger partial charge in [-0.2, -0.15) is 0 Å². The standard InChI is InChI=1S/C8H8O2/c1-3-5-8(10)6-7(9)4-2/h4-5H,1-2,6H2. The van der Waals surface area contributed by atoms with Gasteiger partial charge < -0.3 is 0 Å². The average molecular weight is 136 g/mol. The first kappa shape index (κ1) is 8.60. The molecule has 0 aliphatic heterocycles. The van der Waals surface area contributed by atoms with Crippen LogP contribution in [0.3, 0.4) is 0 Å². The molecule has 10 heavy (non-hydrogen) atoms. The molecule has 2 heteroatoms. The normalized spacial score (nSPS) is 7.60. The Bertz CT molecular complexity index is 207. The molecule has 0 N–H and O–H groups in total. The van der Waals surface area contributed by atoms with Crippen molar-refractivity contribution in [3.05, 3.63) is 31.0 Å². The lowest BCUT2D eigenvalue weighted by molar-refractivity contribution is -0.121. The van der Waals surface area contributed by atoms with Crippen LogP contribution in [0.2, 0.25) is 0 Å². The van der Waals surface area contributed by atoms with Gasteiger partial charge in [0.15, 0.2) is 11.6 Å². The fourth-order valence-electron chi connectivity index (χ4n) is 0.409. The Balaban J connectivity index is 3.91. The summed E-state index contributed by atoms with van der Waals surface area (Å²) in [5, 5.41) is 0. The van der Waals surface area contributed by atoms with Crippen molar-refractivity contribution in [2.24, 2.45) is 0 Å². The Hall–Kier alpha value is -1.40. The smallest absolute Gasteiger partial charge is 0.171 e. The van der Waals surface area contributed by atoms with Crippen LogP contribution in [-0.2, 0) is 9.59 Å². The molecule has 0 fully saturated rings. The second-order valence-electron chi connectivity index (χ2n) is 1.66. The molecule has 0 heterocycles. The molecule has 0 aliphatic rings. The molecule has 52 valence electrons. The van der Waals surface area contributed by atoms with Crippen LogP contribution in [0, 0.1) is 0 Å². The highest BCUT2D eigenvalue weighted by molar-refractivity contribution is 6.08. The topological polar surface area (TPSA) is 34.1 Å². The fraction of sp³-hybridized carbons (Fsp3) is 0.125. The molecule has 0 aromatic rings. The lowest BCUT2D eigenvalue weighted by atomic mass is 10.2. The highest BCUT2D eigenvalue weighted by atomic mass is 16.1. The zero-order valence-electron chi connectivity index (χ0n) is 5.59. The summed E-state index contributed by atoms with van der Waals surface area (Å²) in [4.78, 5) is 21.1. The van der Waals surface area contributed by atoms with Crippen molar-refractivity contribution in [2.75, 3.05) is 0 Å². The van der Waals surface area contributed by atoms with E-state index in [0.29, 0.717) is 0 Å². The highest BCUT2D eigenvalue weighted by Gasteiger charge is 2.00. The van der Waals surface area contributed by atoms with E-state index in [4.69, 9.17) is 0 Å². The van der Waals surface area contributed by atoms with E-state index in [2.05, 4.69) is 18.9 Å². The summed E-state index contributed by atoms with van der Waals surface area (Å²) in [6, 6.07) is 0. The van der Waals surface area contributed by atoms with E-state index in [9.17, 15) is 9.59 Å². The maximum absolute atomic E-state index is 10.6. The van der Waals surface area contributed by atoms with E-state index in [1.807, 2.05) is 0 Å². The van der Waals surface area contributed by atoms with Crippen LogP contribution in [0.15, 0.2) is 31.0 Å². The van der Waals surface area contributed by atoms with Crippen LogP contribution < -0.4 is 0 Å². The Kier molecular flexibility index (Phi) is 3.85. The third-order valence-electron chi connectivity index (χ3n) is 0.839. The molecule has 0 saturated carbocycles. The van der Waals surface area contributed by atoms with Crippen LogP contribution in [0.25, 0.3) is 0 Å². The van der Waals surface area contributed by atoms with E-state index in [0.717, 1.165) is 12.2 Å². The van der Waals surface area contributed by atoms with Gasteiger partial charge in [-0.05, 0) is 6.08 Å². The van der Waals surface area contributed by atoms with Gasteiger partial charge in [-0.1, -0.05) is 13.2 Å². The first-order valence-electron chi connectivity index (χ1n) is 2.74. The van der Waals surface area contributed by atoms with Crippen molar-refractivity contribution in [3.8, 4) is 0 Å². The van der Waals surface area contributed by atoms with Crippen LogP contribution in [0.1, 0.15) is 6.42 Å². The summed E-state index contributed by atoms with van der Waals surface area (Å²) in [5.41, 5.74) is 2.29. The third kappa shape index (κ3) is 3.58. The van der Waals surface area contributed by atoms with Gasteiger partial charge >= 0.3 is 0 Å². The zero-order chi connectivity index (χ0) is 7.98. The fourth-order valence-corrected chi connectivity index (χ4v) is 0.409. The predicted molar refractivity (Wildman–Crippen MR) is 38.5 cm³/mol. The molecular formula is C8H8O2. The molecule has 0 aliphatic carbocycles. The summed E-state index contributed by atoms with van der Waals surface area (Å²) in [5.74, 6) is -0.573. The largest absolute Gasteiger partial charge is 0.294 e. The number of carbonyl (C=O) groups is 2. The minimum atomic E-state index is -0.292. The number of ketones is 2. The molecule has 0 saturated heterocycles. The molecule has 0 atom stereocenters. The maximum atomic E-state index is 10.6. The Morgan fingerprint density at radius 2 is 2.00 bits per heavy atom. The van der Waals surface area contributed by atoms with Gasteiger partial charge in [0, 0.05) is 6.08 Å². The van der Waals surface area contributed by atoms with Crippen LogP contribution >= 0.6 is 0 Å². The molecule has 0 unspecified atom stereocenters. The summed E-state index contributed by atoms with van der Waals surface area (Å²) in [6.45, 7) is 6.42. The number of hydrogen-bond donors (Lipinski definition) is 0. The summed E-state index contributed by atoms with van der Waals surface area (Å²) >= 11 is 0. The average Bonchev–Trinajstić information content (AvgIpc) is 1.88. The van der Waals surface area contributed by atoms with Gasteiger partial charge in [0.25, 0.3) is 0 Å². The van der Waals surface area contributed by atoms with Crippen molar-refractivity contribution < 1.29 is 9.59 Å². The Labute approximate surface area is 59.5 Å². The quantitative estimate of drug-likeness (QED) is 0.329. The minimum Gasteiger partial charge on any atom is -0.294 e. The molecule has 0 aromatic heterocycles. The van der Waals surface area contributed by atoms with Crippen LogP contribution in [0.4, 0.5) is 0 Å². The minimum absolute atomic E-state index is 0.133. The van der Waals surface area contributed by atoms with Crippen LogP contribution in [-0.4, -0.2) is 11.6 Å². The molecular weight excluding hydrogens is 128 g/mol. The first-order valence-corrected chi connectivity index (χ1v) is 2.74. The lowest BCUT2D eigenvalue weighted by Gasteiger charge is -1.85. The predicted octanol–water partition coefficient (Wildman–Crippen LogP) is 1.04. The highest BCUT2D eigenvalue weighted by Crippen LogP contribution is 1.86. The lowest BCUT2D eigenvalue weighted by Crippen LogP contribution is -2.00. The summed E-state index contributed by atoms with van der Waals surface area (Å²) in [7, 11) is 0. The van der Waals surface area contributed by atoms with Gasteiger partial charge in [-0.25, -0.2) is 0 Å². The van der Waals surface area contributed by atoms with E-state index in [1.165, 1.54) is 0 Å². The van der Waals surface area contributed by atoms with Gasteiger partial charge in [0.1, 0.15) is 0 Å². The Morgan fingerprint density at radius 3 is 2.40 bits per heavy atom. The zero-order valence-corrected chi connectivity index (χ0v) is 5.59. The summed E-state index contributed by atoms with van der Waals surface area (Å²) in [6.07, 6.45) is 2.13. The Morgan fingerprint density at radius 1 is 1.40 bits per heavy atom. The van der Waals surface area contributed by atoms with Crippen molar-refractivity contribution in [1.29, 1.82) is 0 Å². The second-order valence-corrected chi connectivity index (χ2v) is 1.66. The molecule has 2 nitrogen and oxygen atoms in total. The third-order valence-corrected chi connectivity index (χ3v) is 0.839. The molecule has 0 aromatic carbocycles. The SMILES string of the molecule is C=C=CC(=O)CC(=O)C=C. The monoisotopic (exact) mass is 136 g/mol. The molecule has 0 rings (SSSR count). The number of hydrogen-bond acceptors (Lipinski definition) is 2. The van der Waals surface area contributed by atoms with Gasteiger partial charge in [-0.3, -0.25) is 9.59 Å². The number of rotatable bonds is 4. The van der Waals surface area contributed by atoms with E-state index in [-0.39, 0.29) is 18.0 Å². The molecule has 0 radical (unpaired) electrons. The molecule has 0 spiro atoms. The van der Waals surface area contributed by atoms with E-state index < -0.39 is 0 Å². The van der Waals surface area contributed by atoms with Crippen molar-refractivity contribution in [3.63, 3.8) is 0 Å². The van der Waals surface area contributed by atoms with Gasteiger partial charge in [0.05, 0.1) is 6.42 Å². The van der Waals surface area contributed by atoms with Crippen molar-refractivity contribution in [2.45, 2.75) is 6.42 Å². The second kappa shape index (κ2) is 4.48. The maximum Gasteiger partial charge on any atom is 0.171 e. The van der Waals surface area contributed by atoms with Crippen LogP contribution in [0.5, 0.6) is 0 Å². The van der Waals surface area contributed by atoms with Gasteiger partial charge in [0.2, 0.25) is 0 Å². The molecule has 0 amide bonds. The summed E-state index contributed by atoms with van der Waals surface area (Å²) < 4.78 is 0. The van der Waals surface area contributed by atoms with Gasteiger partial charge in [-0.15, -0.1) is 5.73 Å². The number of allylic oxidation sites excluding steroid dienone is 2.